The average molecular weight is 271 g/mol. The van der Waals surface area contributed by atoms with E-state index in [0.29, 0.717) is 15.2 Å². The third-order valence-corrected chi connectivity index (χ3v) is 2.27. The van der Waals surface area contributed by atoms with Crippen LogP contribution >= 0.6 is 27.5 Å². The van der Waals surface area contributed by atoms with Crippen LogP contribution in [0.1, 0.15) is 0 Å². The Morgan fingerprint density at radius 3 is 2.69 bits per heavy atom. The highest BCUT2D eigenvalue weighted by Crippen LogP contribution is 2.25. The Balaban J connectivity index is 2.67. The number of alkyl halides is 2. The minimum absolute atomic E-state index is 0.361. The van der Waals surface area contributed by atoms with Gasteiger partial charge in [-0.1, -0.05) is 11.6 Å². The molecule has 1 rings (SSSR count). The van der Waals surface area contributed by atoms with Gasteiger partial charge in [0.1, 0.15) is 0 Å². The molecule has 0 heterocycles. The van der Waals surface area contributed by atoms with Gasteiger partial charge in [0.15, 0.2) is 0 Å². The quantitative estimate of drug-likeness (QED) is 0.881. The molecule has 0 saturated carbocycles. The van der Waals surface area contributed by atoms with Crippen LogP contribution in [0.25, 0.3) is 0 Å². The van der Waals surface area contributed by atoms with Gasteiger partial charge in [0.05, 0.1) is 6.54 Å². The summed E-state index contributed by atoms with van der Waals surface area (Å²) in [5, 5.41) is 3.15. The lowest BCUT2D eigenvalue weighted by molar-refractivity contribution is 0.163. The molecule has 0 saturated heterocycles. The zero-order chi connectivity index (χ0) is 9.84. The van der Waals surface area contributed by atoms with Crippen LogP contribution in [0.2, 0.25) is 5.02 Å². The monoisotopic (exact) mass is 269 g/mol. The first-order valence-corrected chi connectivity index (χ1v) is 4.74. The van der Waals surface area contributed by atoms with E-state index in [1.54, 1.807) is 18.2 Å². The number of hydrogen-bond donors (Lipinski definition) is 1. The minimum atomic E-state index is -2.36. The van der Waals surface area contributed by atoms with Crippen molar-refractivity contribution in [3.8, 4) is 0 Å². The number of halogens is 4. The summed E-state index contributed by atoms with van der Waals surface area (Å²) in [7, 11) is 0. The Bertz CT molecular complexity index is 293. The first-order valence-electron chi connectivity index (χ1n) is 3.56. The normalized spacial score (nSPS) is 10.5. The van der Waals surface area contributed by atoms with Gasteiger partial charge in [0.25, 0.3) is 6.43 Å². The molecule has 0 spiro atoms. The summed E-state index contributed by atoms with van der Waals surface area (Å²) in [6, 6.07) is 4.93. The fraction of sp³-hybridized carbons (Fsp3) is 0.250. The molecule has 5 heteroatoms. The van der Waals surface area contributed by atoms with Crippen LogP contribution in [-0.4, -0.2) is 13.0 Å². The molecule has 0 radical (unpaired) electrons. The number of rotatable bonds is 3. The second kappa shape index (κ2) is 4.77. The lowest BCUT2D eigenvalue weighted by Gasteiger charge is -2.07. The summed E-state index contributed by atoms with van der Waals surface area (Å²) in [5.41, 5.74) is 0.615. The lowest BCUT2D eigenvalue weighted by Crippen LogP contribution is -2.10. The van der Waals surface area contributed by atoms with E-state index >= 15 is 0 Å². The van der Waals surface area contributed by atoms with Crippen molar-refractivity contribution in [3.05, 3.63) is 27.7 Å². The number of hydrogen-bond acceptors (Lipinski definition) is 1. The molecule has 0 unspecified atom stereocenters. The summed E-state index contributed by atoms with van der Waals surface area (Å²) < 4.78 is 24.3. The summed E-state index contributed by atoms with van der Waals surface area (Å²) in [5.74, 6) is 0. The second-order valence-corrected chi connectivity index (χ2v) is 3.69. The minimum Gasteiger partial charge on any atom is -0.378 e. The summed E-state index contributed by atoms with van der Waals surface area (Å²) in [6.07, 6.45) is -2.36. The molecule has 1 aromatic rings. The molecule has 72 valence electrons. The van der Waals surface area contributed by atoms with Crippen molar-refractivity contribution in [2.75, 3.05) is 11.9 Å². The summed E-state index contributed by atoms with van der Waals surface area (Å²) in [4.78, 5) is 0. The van der Waals surface area contributed by atoms with E-state index < -0.39 is 6.43 Å². The summed E-state index contributed by atoms with van der Waals surface area (Å²) >= 11 is 8.88. The number of anilines is 1. The van der Waals surface area contributed by atoms with Crippen LogP contribution in [0, 0.1) is 0 Å². The molecule has 0 aliphatic heterocycles. The van der Waals surface area contributed by atoms with Gasteiger partial charge in [-0.05, 0) is 34.1 Å². The van der Waals surface area contributed by atoms with Crippen LogP contribution in [-0.2, 0) is 0 Å². The van der Waals surface area contributed by atoms with Gasteiger partial charge in [-0.2, -0.15) is 0 Å². The molecule has 1 aromatic carbocycles. The molecule has 0 aromatic heterocycles. The molecule has 1 nitrogen and oxygen atoms in total. The maximum absolute atomic E-state index is 11.8. The number of benzene rings is 1. The zero-order valence-corrected chi connectivity index (χ0v) is 8.87. The topological polar surface area (TPSA) is 12.0 Å². The Morgan fingerprint density at radius 1 is 1.46 bits per heavy atom. The maximum Gasteiger partial charge on any atom is 0.255 e. The lowest BCUT2D eigenvalue weighted by atomic mass is 10.3. The zero-order valence-electron chi connectivity index (χ0n) is 6.53. The Morgan fingerprint density at radius 2 is 2.15 bits per heavy atom. The first-order chi connectivity index (χ1) is 6.09. The van der Waals surface area contributed by atoms with E-state index in [9.17, 15) is 8.78 Å². The molecule has 0 aliphatic rings. The van der Waals surface area contributed by atoms with Crippen molar-refractivity contribution in [2.45, 2.75) is 6.43 Å². The third-order valence-electron chi connectivity index (χ3n) is 1.38. The molecule has 0 amide bonds. The molecule has 1 N–H and O–H groups in total. The van der Waals surface area contributed by atoms with Crippen molar-refractivity contribution >= 4 is 33.2 Å². The first kappa shape index (κ1) is 10.7. The summed E-state index contributed by atoms with van der Waals surface area (Å²) in [6.45, 7) is -0.361. The van der Waals surface area contributed by atoms with Gasteiger partial charge in [-0.15, -0.1) is 0 Å². The van der Waals surface area contributed by atoms with E-state index in [4.69, 9.17) is 11.6 Å². The Labute approximate surface area is 88.2 Å². The highest BCUT2D eigenvalue weighted by Gasteiger charge is 2.04. The van der Waals surface area contributed by atoms with E-state index in [2.05, 4.69) is 21.2 Å². The Hall–Kier alpha value is -0.350. The molecule has 13 heavy (non-hydrogen) atoms. The number of nitrogens with one attached hydrogen (secondary N) is 1. The average Bonchev–Trinajstić information content (AvgIpc) is 2.02. The predicted octanol–water partition coefficient (Wildman–Crippen LogP) is 3.78. The molecule has 0 fully saturated rings. The predicted molar refractivity (Wildman–Crippen MR) is 53.6 cm³/mol. The second-order valence-electron chi connectivity index (χ2n) is 2.40. The van der Waals surface area contributed by atoms with Crippen LogP contribution in [0.3, 0.4) is 0 Å². The third kappa shape index (κ3) is 3.48. The van der Waals surface area contributed by atoms with Gasteiger partial charge < -0.3 is 5.32 Å². The molecule has 0 aliphatic carbocycles. The van der Waals surface area contributed by atoms with E-state index in [1.807, 2.05) is 0 Å². The highest BCUT2D eigenvalue weighted by atomic mass is 79.9. The standard InChI is InChI=1S/C8H7BrClF2N/c9-6-3-5(10)1-2-7(6)13-4-8(11)12/h1-3,8,13H,4H2. The van der Waals surface area contributed by atoms with Gasteiger partial charge >= 0.3 is 0 Å². The highest BCUT2D eigenvalue weighted by molar-refractivity contribution is 9.10. The van der Waals surface area contributed by atoms with E-state index in [1.165, 1.54) is 0 Å². The molecule has 0 bridgehead atoms. The van der Waals surface area contributed by atoms with Gasteiger partial charge in [0.2, 0.25) is 0 Å². The van der Waals surface area contributed by atoms with Crippen molar-refractivity contribution in [1.29, 1.82) is 0 Å². The van der Waals surface area contributed by atoms with Crippen molar-refractivity contribution in [1.82, 2.24) is 0 Å². The van der Waals surface area contributed by atoms with Gasteiger partial charge in [-0.3, -0.25) is 0 Å². The van der Waals surface area contributed by atoms with E-state index in [0.717, 1.165) is 0 Å². The SMILES string of the molecule is FC(F)CNc1ccc(Cl)cc1Br. The fourth-order valence-electron chi connectivity index (χ4n) is 0.820. The maximum atomic E-state index is 11.8. The van der Waals surface area contributed by atoms with Crippen LogP contribution in [0.5, 0.6) is 0 Å². The molecule has 0 atom stereocenters. The van der Waals surface area contributed by atoms with Crippen LogP contribution < -0.4 is 5.32 Å². The van der Waals surface area contributed by atoms with Gasteiger partial charge in [0, 0.05) is 15.2 Å². The van der Waals surface area contributed by atoms with Gasteiger partial charge in [-0.25, -0.2) is 8.78 Å². The van der Waals surface area contributed by atoms with Crippen molar-refractivity contribution in [3.63, 3.8) is 0 Å². The van der Waals surface area contributed by atoms with Crippen molar-refractivity contribution in [2.24, 2.45) is 0 Å². The molecular formula is C8H7BrClF2N. The smallest absolute Gasteiger partial charge is 0.255 e. The fourth-order valence-corrected chi connectivity index (χ4v) is 1.64. The Kier molecular flexibility index (Phi) is 3.93. The van der Waals surface area contributed by atoms with Crippen LogP contribution in [0.15, 0.2) is 22.7 Å². The van der Waals surface area contributed by atoms with Crippen LogP contribution in [0.4, 0.5) is 14.5 Å². The van der Waals surface area contributed by atoms with E-state index in [-0.39, 0.29) is 6.54 Å². The largest absolute Gasteiger partial charge is 0.378 e. The molecular weight excluding hydrogens is 263 g/mol. The van der Waals surface area contributed by atoms with Crippen molar-refractivity contribution < 1.29 is 8.78 Å².